The molecule has 1 amide bonds. The highest BCUT2D eigenvalue weighted by molar-refractivity contribution is 5.80. The van der Waals surface area contributed by atoms with Crippen molar-refractivity contribution in [2.45, 2.75) is 25.8 Å². The normalized spacial score (nSPS) is 18.9. The van der Waals surface area contributed by atoms with E-state index in [0.29, 0.717) is 5.92 Å². The van der Waals surface area contributed by atoms with Gasteiger partial charge in [0, 0.05) is 13.1 Å². The van der Waals surface area contributed by atoms with E-state index in [-0.39, 0.29) is 11.9 Å². The molecule has 1 atom stereocenters. The Kier molecular flexibility index (Phi) is 4.30. The van der Waals surface area contributed by atoms with Gasteiger partial charge in [-0.3, -0.25) is 4.79 Å². The molecule has 100 valence electrons. The molecule has 18 heavy (non-hydrogen) atoms. The van der Waals surface area contributed by atoms with Crippen molar-refractivity contribution in [3.8, 4) is 0 Å². The van der Waals surface area contributed by atoms with Gasteiger partial charge in [-0.05, 0) is 39.3 Å². The van der Waals surface area contributed by atoms with Crippen LogP contribution in [0.4, 0.5) is 0 Å². The molecular formula is C12H21N5O. The number of rotatable bonds is 4. The molecule has 1 unspecified atom stereocenters. The van der Waals surface area contributed by atoms with Crippen molar-refractivity contribution >= 4 is 5.91 Å². The van der Waals surface area contributed by atoms with Crippen molar-refractivity contribution < 1.29 is 4.79 Å². The number of carbonyl (C=O) groups excluding carboxylic acids is 1. The van der Waals surface area contributed by atoms with E-state index in [2.05, 4.69) is 15.4 Å². The first kappa shape index (κ1) is 13.0. The van der Waals surface area contributed by atoms with E-state index in [4.69, 9.17) is 0 Å². The number of hydrogen-bond donors (Lipinski definition) is 1. The molecule has 1 aliphatic heterocycles. The number of nitrogens with zero attached hydrogens (tertiary/aromatic N) is 4. The van der Waals surface area contributed by atoms with E-state index >= 15 is 0 Å². The number of piperidine rings is 1. The van der Waals surface area contributed by atoms with Gasteiger partial charge in [0.2, 0.25) is 5.91 Å². The molecule has 1 N–H and O–H groups in total. The topological polar surface area (TPSA) is 63.1 Å². The van der Waals surface area contributed by atoms with Gasteiger partial charge >= 0.3 is 0 Å². The fourth-order valence-corrected chi connectivity index (χ4v) is 2.44. The molecule has 1 aliphatic rings. The summed E-state index contributed by atoms with van der Waals surface area (Å²) in [5.41, 5.74) is 0. The standard InChI is InChI=1S/C12H21N5O/c1-10(17-9-14-8-15-17)12(18)16-5-3-11(4-6-16)7-13-2/h8-11,13H,3-7H2,1-2H3. The fraction of sp³-hybridized carbons (Fsp3) is 0.750. The second-order valence-corrected chi connectivity index (χ2v) is 4.88. The molecule has 0 spiro atoms. The summed E-state index contributed by atoms with van der Waals surface area (Å²) in [5, 5.41) is 7.23. The maximum Gasteiger partial charge on any atom is 0.247 e. The molecule has 0 aliphatic carbocycles. The lowest BCUT2D eigenvalue weighted by molar-refractivity contribution is -0.136. The molecule has 6 nitrogen and oxygen atoms in total. The fourth-order valence-electron chi connectivity index (χ4n) is 2.44. The van der Waals surface area contributed by atoms with E-state index in [0.717, 1.165) is 32.5 Å². The van der Waals surface area contributed by atoms with E-state index in [1.807, 2.05) is 18.9 Å². The molecule has 6 heteroatoms. The van der Waals surface area contributed by atoms with E-state index in [9.17, 15) is 4.79 Å². The van der Waals surface area contributed by atoms with Crippen LogP contribution in [0.3, 0.4) is 0 Å². The Balaban J connectivity index is 1.87. The van der Waals surface area contributed by atoms with Gasteiger partial charge in [-0.2, -0.15) is 5.10 Å². The van der Waals surface area contributed by atoms with Crippen molar-refractivity contribution in [1.82, 2.24) is 25.0 Å². The van der Waals surface area contributed by atoms with Crippen LogP contribution >= 0.6 is 0 Å². The van der Waals surface area contributed by atoms with Gasteiger partial charge in [-0.25, -0.2) is 9.67 Å². The number of likely N-dealkylation sites (tertiary alicyclic amines) is 1. The Morgan fingerprint density at radius 3 is 2.78 bits per heavy atom. The summed E-state index contributed by atoms with van der Waals surface area (Å²) in [6.07, 6.45) is 5.21. The van der Waals surface area contributed by atoms with Crippen LogP contribution in [-0.2, 0) is 4.79 Å². The van der Waals surface area contributed by atoms with Gasteiger partial charge in [-0.1, -0.05) is 0 Å². The van der Waals surface area contributed by atoms with Crippen molar-refractivity contribution in [2.75, 3.05) is 26.7 Å². The minimum Gasteiger partial charge on any atom is -0.341 e. The van der Waals surface area contributed by atoms with E-state index < -0.39 is 0 Å². The summed E-state index contributed by atoms with van der Waals surface area (Å²) in [7, 11) is 1.98. The minimum absolute atomic E-state index is 0.142. The highest BCUT2D eigenvalue weighted by Gasteiger charge is 2.26. The van der Waals surface area contributed by atoms with E-state index in [1.54, 1.807) is 11.0 Å². The van der Waals surface area contributed by atoms with Crippen LogP contribution in [0.5, 0.6) is 0 Å². The zero-order valence-corrected chi connectivity index (χ0v) is 11.0. The second kappa shape index (κ2) is 5.95. The lowest BCUT2D eigenvalue weighted by Gasteiger charge is -2.33. The molecule has 1 fully saturated rings. The molecule has 2 heterocycles. The van der Waals surface area contributed by atoms with Crippen LogP contribution in [0.1, 0.15) is 25.8 Å². The summed E-state index contributed by atoms with van der Waals surface area (Å²) in [6.45, 7) is 4.62. The van der Waals surface area contributed by atoms with Crippen molar-refractivity contribution in [2.24, 2.45) is 5.92 Å². The van der Waals surface area contributed by atoms with Crippen molar-refractivity contribution in [3.05, 3.63) is 12.7 Å². The van der Waals surface area contributed by atoms with Gasteiger partial charge in [-0.15, -0.1) is 0 Å². The van der Waals surface area contributed by atoms with Crippen molar-refractivity contribution in [3.63, 3.8) is 0 Å². The summed E-state index contributed by atoms with van der Waals surface area (Å²) < 4.78 is 1.61. The first-order chi connectivity index (χ1) is 8.72. The maximum absolute atomic E-state index is 12.3. The second-order valence-electron chi connectivity index (χ2n) is 4.88. The molecule has 0 bridgehead atoms. The van der Waals surface area contributed by atoms with Gasteiger partial charge in [0.05, 0.1) is 0 Å². The molecular weight excluding hydrogens is 230 g/mol. The largest absolute Gasteiger partial charge is 0.341 e. The first-order valence-corrected chi connectivity index (χ1v) is 6.50. The third kappa shape index (κ3) is 2.87. The Hall–Kier alpha value is -1.43. The molecule has 0 saturated carbocycles. The molecule has 0 aromatic carbocycles. The predicted molar refractivity (Wildman–Crippen MR) is 68.0 cm³/mol. The van der Waals surface area contributed by atoms with Gasteiger partial charge < -0.3 is 10.2 Å². The van der Waals surface area contributed by atoms with Gasteiger partial charge in [0.1, 0.15) is 18.7 Å². The predicted octanol–water partition coefficient (Wildman–Crippen LogP) is 0.297. The molecule has 1 aromatic rings. The monoisotopic (exact) mass is 251 g/mol. The average Bonchev–Trinajstić information content (AvgIpc) is 2.92. The third-order valence-electron chi connectivity index (χ3n) is 3.61. The number of aromatic nitrogens is 3. The SMILES string of the molecule is CNCC1CCN(C(=O)C(C)n2cncn2)CC1. The Bertz CT molecular complexity index is 370. The lowest BCUT2D eigenvalue weighted by Crippen LogP contribution is -2.43. The van der Waals surface area contributed by atoms with Crippen LogP contribution in [0.2, 0.25) is 0 Å². The Morgan fingerprint density at radius 1 is 1.50 bits per heavy atom. The minimum atomic E-state index is -0.256. The lowest BCUT2D eigenvalue weighted by atomic mass is 9.96. The molecule has 0 radical (unpaired) electrons. The highest BCUT2D eigenvalue weighted by Crippen LogP contribution is 2.19. The Labute approximate surface area is 107 Å². The van der Waals surface area contributed by atoms with Crippen LogP contribution in [0.15, 0.2) is 12.7 Å². The summed E-state index contributed by atoms with van der Waals surface area (Å²) in [4.78, 5) is 18.1. The molecule has 2 rings (SSSR count). The van der Waals surface area contributed by atoms with Crippen LogP contribution in [-0.4, -0.2) is 52.3 Å². The van der Waals surface area contributed by atoms with Gasteiger partial charge in [0.25, 0.3) is 0 Å². The van der Waals surface area contributed by atoms with E-state index in [1.165, 1.54) is 6.33 Å². The number of carbonyl (C=O) groups is 1. The number of amides is 1. The molecule has 1 aromatic heterocycles. The van der Waals surface area contributed by atoms with Gasteiger partial charge in [0.15, 0.2) is 0 Å². The summed E-state index contributed by atoms with van der Waals surface area (Å²) in [5.74, 6) is 0.837. The highest BCUT2D eigenvalue weighted by atomic mass is 16.2. The first-order valence-electron chi connectivity index (χ1n) is 6.50. The number of hydrogen-bond acceptors (Lipinski definition) is 4. The zero-order valence-electron chi connectivity index (χ0n) is 11.0. The van der Waals surface area contributed by atoms with Crippen LogP contribution in [0, 0.1) is 5.92 Å². The van der Waals surface area contributed by atoms with Crippen LogP contribution in [0.25, 0.3) is 0 Å². The van der Waals surface area contributed by atoms with Crippen LogP contribution < -0.4 is 5.32 Å². The zero-order chi connectivity index (χ0) is 13.0. The smallest absolute Gasteiger partial charge is 0.247 e. The Morgan fingerprint density at radius 2 is 2.22 bits per heavy atom. The third-order valence-corrected chi connectivity index (χ3v) is 3.61. The summed E-state index contributed by atoms with van der Waals surface area (Å²) >= 11 is 0. The quantitative estimate of drug-likeness (QED) is 0.836. The van der Waals surface area contributed by atoms with Crippen molar-refractivity contribution in [1.29, 1.82) is 0 Å². The molecule has 1 saturated heterocycles. The maximum atomic E-state index is 12.3. The summed E-state index contributed by atoms with van der Waals surface area (Å²) in [6, 6.07) is -0.256. The number of nitrogens with one attached hydrogen (secondary N) is 1. The average molecular weight is 251 g/mol.